The van der Waals surface area contributed by atoms with E-state index in [-0.39, 0.29) is 17.2 Å². The van der Waals surface area contributed by atoms with E-state index in [1.54, 1.807) is 18.2 Å². The zero-order valence-corrected chi connectivity index (χ0v) is 12.7. The zero-order valence-electron chi connectivity index (χ0n) is 11.9. The first kappa shape index (κ1) is 15.8. The van der Waals surface area contributed by atoms with Crippen LogP contribution in [0.15, 0.2) is 35.4 Å². The third-order valence-corrected chi connectivity index (χ3v) is 2.90. The van der Waals surface area contributed by atoms with Crippen molar-refractivity contribution < 1.29 is 14.3 Å². The van der Waals surface area contributed by atoms with Gasteiger partial charge in [0.15, 0.2) is 17.3 Å². The summed E-state index contributed by atoms with van der Waals surface area (Å²) in [5.41, 5.74) is -0.287. The fourth-order valence-electron chi connectivity index (χ4n) is 1.65. The highest BCUT2D eigenvalue weighted by Crippen LogP contribution is 2.33. The van der Waals surface area contributed by atoms with Gasteiger partial charge in [-0.25, -0.2) is 4.98 Å². The van der Waals surface area contributed by atoms with E-state index in [2.05, 4.69) is 9.97 Å². The number of hydrogen-bond donors (Lipinski definition) is 1. The molecule has 0 aliphatic heterocycles. The Balaban J connectivity index is 2.44. The Hall–Kier alpha value is -2.60. The summed E-state index contributed by atoms with van der Waals surface area (Å²) in [7, 11) is 1.47. The summed E-state index contributed by atoms with van der Waals surface area (Å²) in [6.07, 6.45) is 3.83. The molecule has 1 aromatic heterocycles. The van der Waals surface area contributed by atoms with Gasteiger partial charge in [0.2, 0.25) is 5.88 Å². The molecule has 1 aromatic carbocycles. The molecule has 0 atom stereocenters. The van der Waals surface area contributed by atoms with Crippen LogP contribution in [0.5, 0.6) is 17.4 Å². The average Bonchev–Trinajstić information content (AvgIpc) is 2.48. The van der Waals surface area contributed by atoms with Gasteiger partial charge in [-0.15, -0.1) is 0 Å². The molecule has 1 N–H and O–H groups in total. The highest BCUT2D eigenvalue weighted by Gasteiger charge is 2.12. The molecule has 0 unspecified atom stereocenters. The number of H-pyrrole nitrogens is 1. The first-order valence-electron chi connectivity index (χ1n) is 6.29. The average molecular weight is 321 g/mol. The molecule has 0 aliphatic rings. The van der Waals surface area contributed by atoms with Crippen molar-refractivity contribution in [2.75, 3.05) is 7.11 Å². The summed E-state index contributed by atoms with van der Waals surface area (Å²) in [5, 5.41) is 0.486. The first-order chi connectivity index (χ1) is 10.5. The van der Waals surface area contributed by atoms with Crippen LogP contribution in [-0.4, -0.2) is 22.9 Å². The fraction of sp³-hybridized carbons (Fsp3) is 0.133. The molecule has 2 aromatic rings. The summed E-state index contributed by atoms with van der Waals surface area (Å²) < 4.78 is 10.8. The van der Waals surface area contributed by atoms with Crippen LogP contribution in [0.2, 0.25) is 5.02 Å². The number of ether oxygens (including phenoxy) is 2. The molecular formula is C15H13ClN2O4. The smallest absolute Gasteiger partial charge is 0.261 e. The zero-order chi connectivity index (χ0) is 16.1. The summed E-state index contributed by atoms with van der Waals surface area (Å²) in [6.45, 7) is 1.38. The van der Waals surface area contributed by atoms with Crippen LogP contribution >= 0.6 is 11.6 Å². The van der Waals surface area contributed by atoms with Gasteiger partial charge in [-0.2, -0.15) is 0 Å². The summed E-state index contributed by atoms with van der Waals surface area (Å²) in [4.78, 5) is 29.3. The van der Waals surface area contributed by atoms with Crippen LogP contribution in [0.25, 0.3) is 6.08 Å². The summed E-state index contributed by atoms with van der Waals surface area (Å²) in [6, 6.07) is 4.80. The number of benzene rings is 1. The lowest BCUT2D eigenvalue weighted by Crippen LogP contribution is -2.11. The molecule has 7 heteroatoms. The van der Waals surface area contributed by atoms with Crippen LogP contribution in [0.1, 0.15) is 12.5 Å². The SMILES string of the molecule is COc1cc(Cl)ccc1Oc1nc[nH]c(=O)c1/C=C/C(C)=O. The van der Waals surface area contributed by atoms with E-state index >= 15 is 0 Å². The van der Waals surface area contributed by atoms with Crippen LogP contribution in [0.3, 0.4) is 0 Å². The Kier molecular flexibility index (Phi) is 4.95. The standard InChI is InChI=1S/C15H13ClN2O4/c1-9(19)3-5-11-14(20)17-8-18-15(11)22-12-6-4-10(16)7-13(12)21-2/h3-8H,1-2H3,(H,17,18,20)/b5-3+. The summed E-state index contributed by atoms with van der Waals surface area (Å²) in [5.74, 6) is 0.610. The maximum absolute atomic E-state index is 11.9. The third-order valence-electron chi connectivity index (χ3n) is 2.67. The molecule has 0 bridgehead atoms. The van der Waals surface area contributed by atoms with E-state index in [1.807, 2.05) is 0 Å². The Morgan fingerprint density at radius 2 is 2.14 bits per heavy atom. The molecule has 0 fully saturated rings. The van der Waals surface area contributed by atoms with Crippen molar-refractivity contribution in [3.05, 3.63) is 51.5 Å². The minimum Gasteiger partial charge on any atom is -0.493 e. The van der Waals surface area contributed by atoms with Crippen molar-refractivity contribution in [3.8, 4) is 17.4 Å². The number of carbonyl (C=O) groups excluding carboxylic acids is 1. The van der Waals surface area contributed by atoms with Crippen molar-refractivity contribution >= 4 is 23.5 Å². The van der Waals surface area contributed by atoms with E-state index < -0.39 is 5.56 Å². The number of nitrogens with zero attached hydrogens (tertiary/aromatic N) is 1. The number of carbonyl (C=O) groups is 1. The van der Waals surface area contributed by atoms with Gasteiger partial charge in [0.05, 0.1) is 13.4 Å². The molecule has 114 valence electrons. The predicted octanol–water partition coefficient (Wildman–Crippen LogP) is 2.83. The lowest BCUT2D eigenvalue weighted by atomic mass is 10.2. The number of ketones is 1. The van der Waals surface area contributed by atoms with E-state index in [1.165, 1.54) is 32.5 Å². The minimum atomic E-state index is -0.421. The Morgan fingerprint density at radius 3 is 2.82 bits per heavy atom. The van der Waals surface area contributed by atoms with Gasteiger partial charge in [-0.05, 0) is 31.2 Å². The number of allylic oxidation sites excluding steroid dienone is 1. The van der Waals surface area contributed by atoms with Crippen LogP contribution in [0.4, 0.5) is 0 Å². The third kappa shape index (κ3) is 3.73. The van der Waals surface area contributed by atoms with Crippen molar-refractivity contribution in [3.63, 3.8) is 0 Å². The summed E-state index contributed by atoms with van der Waals surface area (Å²) >= 11 is 5.88. The van der Waals surface area contributed by atoms with E-state index in [0.717, 1.165) is 0 Å². The second-order valence-corrected chi connectivity index (χ2v) is 4.73. The van der Waals surface area contributed by atoms with Crippen LogP contribution in [-0.2, 0) is 4.79 Å². The van der Waals surface area contributed by atoms with E-state index in [4.69, 9.17) is 21.1 Å². The monoisotopic (exact) mass is 320 g/mol. The number of halogens is 1. The first-order valence-corrected chi connectivity index (χ1v) is 6.67. The van der Waals surface area contributed by atoms with Crippen molar-refractivity contribution in [2.45, 2.75) is 6.92 Å². The van der Waals surface area contributed by atoms with Crippen molar-refractivity contribution in [2.24, 2.45) is 0 Å². The van der Waals surface area contributed by atoms with E-state index in [0.29, 0.717) is 16.5 Å². The van der Waals surface area contributed by atoms with Crippen LogP contribution in [0, 0.1) is 0 Å². The number of aromatic nitrogens is 2. The molecule has 1 heterocycles. The van der Waals surface area contributed by atoms with Gasteiger partial charge in [0.1, 0.15) is 5.56 Å². The second kappa shape index (κ2) is 6.91. The molecule has 0 aliphatic carbocycles. The largest absolute Gasteiger partial charge is 0.493 e. The van der Waals surface area contributed by atoms with Gasteiger partial charge in [0, 0.05) is 11.1 Å². The molecule has 0 spiro atoms. The fourth-order valence-corrected chi connectivity index (χ4v) is 1.81. The predicted molar refractivity (Wildman–Crippen MR) is 82.7 cm³/mol. The Labute approximate surface area is 131 Å². The molecule has 0 saturated carbocycles. The maximum atomic E-state index is 11.9. The highest BCUT2D eigenvalue weighted by molar-refractivity contribution is 6.30. The lowest BCUT2D eigenvalue weighted by molar-refractivity contribution is -0.112. The van der Waals surface area contributed by atoms with Crippen LogP contribution < -0.4 is 15.0 Å². The van der Waals surface area contributed by atoms with E-state index in [9.17, 15) is 9.59 Å². The molecule has 0 radical (unpaired) electrons. The Bertz CT molecular complexity index is 783. The molecule has 6 nitrogen and oxygen atoms in total. The highest BCUT2D eigenvalue weighted by atomic mass is 35.5. The topological polar surface area (TPSA) is 81.3 Å². The maximum Gasteiger partial charge on any atom is 0.261 e. The van der Waals surface area contributed by atoms with Crippen molar-refractivity contribution in [1.82, 2.24) is 9.97 Å². The molecule has 0 amide bonds. The second-order valence-electron chi connectivity index (χ2n) is 4.29. The molecule has 2 rings (SSSR count). The van der Waals surface area contributed by atoms with Gasteiger partial charge in [0.25, 0.3) is 5.56 Å². The minimum absolute atomic E-state index is 0.0573. The molecule has 22 heavy (non-hydrogen) atoms. The number of hydrogen-bond acceptors (Lipinski definition) is 5. The number of methoxy groups -OCH3 is 1. The molecule has 0 saturated heterocycles. The normalized spacial score (nSPS) is 10.7. The quantitative estimate of drug-likeness (QED) is 0.857. The number of nitrogens with one attached hydrogen (secondary N) is 1. The van der Waals surface area contributed by atoms with Gasteiger partial charge < -0.3 is 14.5 Å². The van der Waals surface area contributed by atoms with Gasteiger partial charge in [-0.1, -0.05) is 11.6 Å². The van der Waals surface area contributed by atoms with Gasteiger partial charge >= 0.3 is 0 Å². The van der Waals surface area contributed by atoms with Crippen molar-refractivity contribution in [1.29, 1.82) is 0 Å². The van der Waals surface area contributed by atoms with Gasteiger partial charge in [-0.3, -0.25) is 9.59 Å². The Morgan fingerprint density at radius 1 is 1.36 bits per heavy atom. The number of aromatic amines is 1. The molecular weight excluding hydrogens is 308 g/mol. The number of rotatable bonds is 5. The lowest BCUT2D eigenvalue weighted by Gasteiger charge is -2.10.